The number of hydrogen-bond donors (Lipinski definition) is 5. The molecule has 0 bridgehead atoms. The Hall–Kier alpha value is -6.57. The van der Waals surface area contributed by atoms with Crippen molar-refractivity contribution in [2.24, 2.45) is 0 Å². The second-order valence-corrected chi connectivity index (χ2v) is 15.4. The van der Waals surface area contributed by atoms with Crippen molar-refractivity contribution in [3.8, 4) is 29.4 Å². The number of ether oxygens (including phenoxy) is 1. The normalized spacial score (nSPS) is 13.2. The maximum atomic E-state index is 13.7. The summed E-state index contributed by atoms with van der Waals surface area (Å²) >= 11 is 6.92. The highest BCUT2D eigenvalue weighted by atomic mass is 32.1. The molecule has 318 valence electrons. The second-order valence-electron chi connectivity index (χ2n) is 13.7. The number of alkyl halides is 3. The third-order valence-corrected chi connectivity index (χ3v) is 10.5. The number of amides is 2. The van der Waals surface area contributed by atoms with Gasteiger partial charge in [0.25, 0.3) is 11.8 Å². The number of ketones is 1. The number of aromatic nitrogens is 3. The van der Waals surface area contributed by atoms with Crippen LogP contribution < -0.4 is 26.0 Å². The monoisotopic (exact) mass is 883 g/mol. The first-order valence-corrected chi connectivity index (χ1v) is 20.2. The van der Waals surface area contributed by atoms with Gasteiger partial charge >= 0.3 is 6.18 Å². The molecule has 6 rings (SSSR count). The van der Waals surface area contributed by atoms with Gasteiger partial charge in [-0.1, -0.05) is 48.0 Å². The minimum absolute atomic E-state index is 0.0182. The number of nitrogens with zero attached hydrogens (tertiary/aromatic N) is 3. The number of aryl methyl sites for hydroxylation is 2. The average molecular weight is 884 g/mol. The number of anilines is 1. The van der Waals surface area contributed by atoms with Gasteiger partial charge in [-0.05, 0) is 73.0 Å². The van der Waals surface area contributed by atoms with Crippen LogP contribution in [-0.2, 0) is 19.3 Å². The number of carbonyl (C=O) groups is 3. The molecule has 1 unspecified atom stereocenters. The van der Waals surface area contributed by atoms with E-state index >= 15 is 0 Å². The largest absolute Gasteiger partial charge is 0.489 e. The quantitative estimate of drug-likeness (QED) is 0.0405. The Bertz CT molecular complexity index is 2650. The average Bonchev–Trinajstić information content (AvgIpc) is 3.56. The van der Waals surface area contributed by atoms with E-state index in [2.05, 4.69) is 60.1 Å². The number of benzene rings is 2. The van der Waals surface area contributed by atoms with Crippen LogP contribution in [0, 0.1) is 43.3 Å². The van der Waals surface area contributed by atoms with Crippen LogP contribution >= 0.6 is 23.6 Å². The SMILES string of the molecule is Cc1cncc(C2C(=O)c3c(sc(C)c3C#CCNC(=O)c3ccc(C(=O)NCCC#Cc4ccc(OCc5ccc(F)c(C(F)(F)F)c5)c(CNCCO)c4)nn3)NC2=S)c1. The van der Waals surface area contributed by atoms with Gasteiger partial charge in [0.15, 0.2) is 17.2 Å². The molecule has 4 heterocycles. The first kappa shape index (κ1) is 45.0. The van der Waals surface area contributed by atoms with Gasteiger partial charge in [0.05, 0.1) is 40.7 Å². The van der Waals surface area contributed by atoms with Crippen molar-refractivity contribution >= 4 is 51.1 Å². The zero-order chi connectivity index (χ0) is 44.4. The van der Waals surface area contributed by atoms with Crippen molar-refractivity contribution in [3.05, 3.63) is 134 Å². The predicted molar refractivity (Wildman–Crippen MR) is 227 cm³/mol. The van der Waals surface area contributed by atoms with E-state index in [1.54, 1.807) is 30.6 Å². The van der Waals surface area contributed by atoms with Gasteiger partial charge in [-0.15, -0.1) is 21.5 Å². The molecule has 1 atom stereocenters. The Morgan fingerprint density at radius 2 is 1.73 bits per heavy atom. The lowest BCUT2D eigenvalue weighted by Crippen LogP contribution is -2.32. The number of hydrogen-bond acceptors (Lipinski definition) is 11. The third-order valence-electron chi connectivity index (χ3n) is 9.17. The maximum absolute atomic E-state index is 13.7. The molecule has 18 heteroatoms. The van der Waals surface area contributed by atoms with E-state index in [-0.39, 0.29) is 68.5 Å². The van der Waals surface area contributed by atoms with Crippen LogP contribution in [0.1, 0.15) is 87.5 Å². The molecule has 5 aromatic rings. The van der Waals surface area contributed by atoms with E-state index < -0.39 is 35.3 Å². The molecule has 62 heavy (non-hydrogen) atoms. The van der Waals surface area contributed by atoms with Gasteiger partial charge in [0.2, 0.25) is 0 Å². The predicted octanol–water partition coefficient (Wildman–Crippen LogP) is 6.04. The fourth-order valence-corrected chi connectivity index (χ4v) is 7.64. The minimum atomic E-state index is -4.85. The van der Waals surface area contributed by atoms with Crippen molar-refractivity contribution in [2.75, 3.05) is 31.6 Å². The van der Waals surface area contributed by atoms with Crippen LogP contribution in [0.25, 0.3) is 0 Å². The zero-order valence-corrected chi connectivity index (χ0v) is 34.8. The number of carbonyl (C=O) groups excluding carboxylic acids is 3. The standard InChI is InChI=1S/C44H37F4N7O5S2/c1-25-18-30(23-50-21-25)37-39(57)38-31(26(2)62-43(38)53-42(37)61)7-5-15-52-41(59)35-12-11-34(54-55-35)40(58)51-14-4-3-6-27-9-13-36(29(19-27)22-49-16-17-56)60-24-28-8-10-33(45)32(20-28)44(46,47)48/h8-13,18-21,23,37,49,56H,4,14-17,22,24H2,1-2H3,(H,51,58)(H,52,59)(H,53,61). The molecule has 12 nitrogen and oxygen atoms in total. The van der Waals surface area contributed by atoms with Gasteiger partial charge in [0, 0.05) is 54.5 Å². The zero-order valence-electron chi connectivity index (χ0n) is 33.1. The minimum Gasteiger partial charge on any atom is -0.489 e. The van der Waals surface area contributed by atoms with Crippen LogP contribution in [0.2, 0.25) is 0 Å². The van der Waals surface area contributed by atoms with Gasteiger partial charge in [-0.3, -0.25) is 19.4 Å². The van der Waals surface area contributed by atoms with Crippen LogP contribution in [0.3, 0.4) is 0 Å². The summed E-state index contributed by atoms with van der Waals surface area (Å²) in [5.74, 6) is 8.92. The fraction of sp³-hybridized carbons (Fsp3) is 0.250. The Labute approximate surface area is 362 Å². The summed E-state index contributed by atoms with van der Waals surface area (Å²) in [5, 5.41) is 29.1. The number of Topliss-reactive ketones (excluding diaryl/α,β-unsaturated/α-hetero) is 1. The van der Waals surface area contributed by atoms with Gasteiger partial charge in [-0.25, -0.2) is 4.39 Å². The van der Waals surface area contributed by atoms with Gasteiger partial charge < -0.3 is 31.1 Å². The van der Waals surface area contributed by atoms with Crippen molar-refractivity contribution in [1.29, 1.82) is 0 Å². The molecule has 0 radical (unpaired) electrons. The molecule has 1 aliphatic rings. The molecule has 0 saturated carbocycles. The van der Waals surface area contributed by atoms with Crippen molar-refractivity contribution < 1.29 is 41.8 Å². The Morgan fingerprint density at radius 1 is 0.968 bits per heavy atom. The topological polar surface area (TPSA) is 167 Å². The van der Waals surface area contributed by atoms with Crippen LogP contribution in [0.4, 0.5) is 22.6 Å². The summed E-state index contributed by atoms with van der Waals surface area (Å²) in [6.45, 7) is 4.04. The summed E-state index contributed by atoms with van der Waals surface area (Å²) in [6, 6.07) is 12.3. The summed E-state index contributed by atoms with van der Waals surface area (Å²) in [7, 11) is 0. The molecule has 1 aliphatic heterocycles. The van der Waals surface area contributed by atoms with E-state index in [0.29, 0.717) is 49.6 Å². The number of halogens is 4. The molecule has 0 saturated heterocycles. The molecule has 5 N–H and O–H groups in total. The van der Waals surface area contributed by atoms with E-state index in [4.69, 9.17) is 17.0 Å². The van der Waals surface area contributed by atoms with Crippen molar-refractivity contribution in [3.63, 3.8) is 0 Å². The van der Waals surface area contributed by atoms with Crippen LogP contribution in [-0.4, -0.2) is 69.1 Å². The maximum Gasteiger partial charge on any atom is 0.419 e. The number of aliphatic hydroxyl groups excluding tert-OH is 1. The van der Waals surface area contributed by atoms with E-state index in [1.807, 2.05) is 19.9 Å². The lowest BCUT2D eigenvalue weighted by atomic mass is 9.87. The second kappa shape index (κ2) is 20.3. The first-order chi connectivity index (χ1) is 29.7. The molecule has 2 aromatic carbocycles. The van der Waals surface area contributed by atoms with Crippen molar-refractivity contribution in [2.45, 2.75) is 45.5 Å². The molecule has 3 aromatic heterocycles. The summed E-state index contributed by atoms with van der Waals surface area (Å²) < 4.78 is 59.0. The van der Waals surface area contributed by atoms with E-state index in [9.17, 15) is 37.1 Å². The molecule has 2 amide bonds. The summed E-state index contributed by atoms with van der Waals surface area (Å²) in [6.07, 6.45) is -1.26. The number of nitrogens with one attached hydrogen (secondary N) is 4. The molecular weight excluding hydrogens is 847 g/mol. The lowest BCUT2D eigenvalue weighted by Gasteiger charge is -2.24. The number of thiocarbonyl (C=S) groups is 1. The first-order valence-electron chi connectivity index (χ1n) is 18.9. The van der Waals surface area contributed by atoms with Crippen LogP contribution in [0.15, 0.2) is 67.0 Å². The smallest absolute Gasteiger partial charge is 0.419 e. The highest BCUT2D eigenvalue weighted by Gasteiger charge is 2.37. The van der Waals surface area contributed by atoms with Crippen LogP contribution in [0.5, 0.6) is 5.75 Å². The number of aliphatic hydroxyl groups is 1. The molecular formula is C44H37F4N7O5S2. The molecule has 0 fully saturated rings. The summed E-state index contributed by atoms with van der Waals surface area (Å²) in [5.41, 5.74) is 2.52. The highest BCUT2D eigenvalue weighted by molar-refractivity contribution is 7.80. The van der Waals surface area contributed by atoms with E-state index in [0.717, 1.165) is 16.5 Å². The Kier molecular flexibility index (Phi) is 14.7. The third kappa shape index (κ3) is 11.2. The summed E-state index contributed by atoms with van der Waals surface area (Å²) in [4.78, 5) is 44.6. The lowest BCUT2D eigenvalue weighted by molar-refractivity contribution is -0.140. The fourth-order valence-electron chi connectivity index (χ4n) is 6.20. The molecule has 0 spiro atoms. The Balaban J connectivity index is 0.988. The number of pyridine rings is 1. The Morgan fingerprint density at radius 3 is 2.44 bits per heavy atom. The van der Waals surface area contributed by atoms with Gasteiger partial charge in [0.1, 0.15) is 23.2 Å². The number of thiophene rings is 1. The van der Waals surface area contributed by atoms with Gasteiger partial charge in [-0.2, -0.15) is 13.2 Å². The van der Waals surface area contributed by atoms with Crippen molar-refractivity contribution in [1.82, 2.24) is 31.1 Å². The van der Waals surface area contributed by atoms with E-state index in [1.165, 1.54) is 29.5 Å². The number of rotatable bonds is 13. The highest BCUT2D eigenvalue weighted by Crippen LogP contribution is 2.41. The molecule has 0 aliphatic carbocycles. The number of fused-ring (bicyclic) bond motifs is 1.